The second kappa shape index (κ2) is 8.88. The first-order valence-electron chi connectivity index (χ1n) is 10.9. The number of anilines is 1. The molecule has 1 saturated heterocycles. The zero-order chi connectivity index (χ0) is 23.7. The first kappa shape index (κ1) is 22.1. The van der Waals surface area contributed by atoms with Gasteiger partial charge in [0.25, 0.3) is 0 Å². The Morgan fingerprint density at radius 2 is 1.79 bits per heavy atom. The van der Waals surface area contributed by atoms with Crippen molar-refractivity contribution in [2.75, 3.05) is 18.8 Å². The Hall–Kier alpha value is -3.76. The van der Waals surface area contributed by atoms with E-state index in [1.54, 1.807) is 4.68 Å². The summed E-state index contributed by atoms with van der Waals surface area (Å²) in [6.45, 7) is 4.19. The van der Waals surface area contributed by atoms with E-state index in [1.807, 2.05) is 54.6 Å². The lowest BCUT2D eigenvalue weighted by Gasteiger charge is -2.31. The van der Waals surface area contributed by atoms with E-state index in [0.717, 1.165) is 23.1 Å². The largest absolute Gasteiger partial charge is 0.457 e. The van der Waals surface area contributed by atoms with Crippen LogP contribution in [-0.4, -0.2) is 45.6 Å². The summed E-state index contributed by atoms with van der Waals surface area (Å²) in [5.74, 6) is 1.77. The molecule has 174 valence electrons. The van der Waals surface area contributed by atoms with Gasteiger partial charge in [0.2, 0.25) is 10.0 Å². The molecule has 0 saturated carbocycles. The summed E-state index contributed by atoms with van der Waals surface area (Å²) in [5, 5.41) is 6.48. The molecule has 1 aliphatic rings. The number of ether oxygens (including phenoxy) is 1. The van der Waals surface area contributed by atoms with Gasteiger partial charge in [0.15, 0.2) is 5.65 Å². The second-order valence-corrected chi connectivity index (χ2v) is 9.94. The van der Waals surface area contributed by atoms with Crippen LogP contribution in [0.1, 0.15) is 18.9 Å². The van der Waals surface area contributed by atoms with E-state index in [2.05, 4.69) is 16.5 Å². The van der Waals surface area contributed by atoms with Crippen LogP contribution in [0.4, 0.5) is 5.82 Å². The first-order valence-corrected chi connectivity index (χ1v) is 12.4. The molecule has 5 rings (SSSR count). The van der Waals surface area contributed by atoms with Gasteiger partial charge in [-0.1, -0.05) is 24.8 Å². The molecule has 1 atom stereocenters. The summed E-state index contributed by atoms with van der Waals surface area (Å²) in [6.07, 6.45) is 2.88. The van der Waals surface area contributed by atoms with Crippen LogP contribution in [-0.2, 0) is 10.0 Å². The fourth-order valence-corrected chi connectivity index (χ4v) is 5.19. The van der Waals surface area contributed by atoms with Crippen molar-refractivity contribution in [1.29, 1.82) is 0 Å². The van der Waals surface area contributed by atoms with Gasteiger partial charge in [0.05, 0.1) is 11.4 Å². The molecule has 0 aliphatic carbocycles. The molecule has 0 amide bonds. The zero-order valence-electron chi connectivity index (χ0n) is 18.4. The minimum Gasteiger partial charge on any atom is -0.457 e. The highest BCUT2D eigenvalue weighted by molar-refractivity contribution is 7.92. The number of nitrogens with zero attached hydrogens (tertiary/aromatic N) is 5. The van der Waals surface area contributed by atoms with Crippen molar-refractivity contribution in [1.82, 2.24) is 24.1 Å². The van der Waals surface area contributed by atoms with Gasteiger partial charge in [-0.2, -0.15) is 9.40 Å². The second-order valence-electron chi connectivity index (χ2n) is 8.06. The number of sulfonamides is 1. The van der Waals surface area contributed by atoms with Crippen molar-refractivity contribution >= 4 is 26.9 Å². The summed E-state index contributed by atoms with van der Waals surface area (Å²) < 4.78 is 33.8. The van der Waals surface area contributed by atoms with E-state index < -0.39 is 10.0 Å². The molecular formula is C24H24N6O3S. The Balaban J connectivity index is 1.51. The van der Waals surface area contributed by atoms with E-state index in [4.69, 9.17) is 15.6 Å². The summed E-state index contributed by atoms with van der Waals surface area (Å²) in [6, 6.07) is 16.9. The third-order valence-corrected chi connectivity index (χ3v) is 7.37. The molecule has 0 radical (unpaired) electrons. The molecule has 2 N–H and O–H groups in total. The van der Waals surface area contributed by atoms with Crippen molar-refractivity contribution in [3.8, 4) is 22.8 Å². The molecule has 1 aliphatic heterocycles. The molecule has 2 aromatic carbocycles. The molecule has 3 heterocycles. The fraction of sp³-hybridized carbons (Fsp3) is 0.208. The number of hydrogen-bond acceptors (Lipinski definition) is 7. The fourth-order valence-electron chi connectivity index (χ4n) is 4.21. The van der Waals surface area contributed by atoms with Gasteiger partial charge in [0.1, 0.15) is 29.3 Å². The van der Waals surface area contributed by atoms with Crippen molar-refractivity contribution in [3.05, 3.63) is 72.9 Å². The van der Waals surface area contributed by atoms with Gasteiger partial charge >= 0.3 is 0 Å². The van der Waals surface area contributed by atoms with Crippen molar-refractivity contribution < 1.29 is 13.2 Å². The topological polar surface area (TPSA) is 116 Å². The molecular weight excluding hydrogens is 452 g/mol. The molecule has 0 spiro atoms. The Bertz CT molecular complexity index is 1440. The van der Waals surface area contributed by atoms with Crippen LogP contribution in [0.5, 0.6) is 11.5 Å². The van der Waals surface area contributed by atoms with Gasteiger partial charge < -0.3 is 10.5 Å². The number of benzene rings is 2. The predicted octanol–water partition coefficient (Wildman–Crippen LogP) is 3.98. The van der Waals surface area contributed by atoms with Crippen LogP contribution < -0.4 is 10.5 Å². The van der Waals surface area contributed by atoms with Crippen LogP contribution in [0.15, 0.2) is 72.9 Å². The van der Waals surface area contributed by atoms with Gasteiger partial charge in [-0.05, 0) is 49.2 Å². The van der Waals surface area contributed by atoms with Crippen LogP contribution in [0, 0.1) is 0 Å². The van der Waals surface area contributed by atoms with Crippen molar-refractivity contribution in [2.24, 2.45) is 0 Å². The number of nitrogen functional groups attached to an aromatic ring is 1. The highest BCUT2D eigenvalue weighted by Crippen LogP contribution is 2.35. The maximum Gasteiger partial charge on any atom is 0.235 e. The SMILES string of the molecule is C=CS(=O)(=O)N1CCC[C@@H](n2nc(-c3ccc(Oc4ccccc4)cc3)c3c(N)ncnc32)C1. The summed E-state index contributed by atoms with van der Waals surface area (Å²) in [7, 11) is -3.51. The van der Waals surface area contributed by atoms with Crippen LogP contribution >= 0.6 is 0 Å². The highest BCUT2D eigenvalue weighted by Gasteiger charge is 2.30. The molecule has 1 fully saturated rings. The Labute approximate surface area is 197 Å². The number of fused-ring (bicyclic) bond motifs is 1. The van der Waals surface area contributed by atoms with E-state index in [1.165, 1.54) is 10.6 Å². The van der Waals surface area contributed by atoms with E-state index in [9.17, 15) is 8.42 Å². The van der Waals surface area contributed by atoms with Gasteiger partial charge in [-0.15, -0.1) is 0 Å². The monoisotopic (exact) mass is 476 g/mol. The molecule has 0 bridgehead atoms. The van der Waals surface area contributed by atoms with E-state index in [-0.39, 0.29) is 6.04 Å². The lowest BCUT2D eigenvalue weighted by Crippen LogP contribution is -2.40. The zero-order valence-corrected chi connectivity index (χ0v) is 19.2. The van der Waals surface area contributed by atoms with Crippen LogP contribution in [0.2, 0.25) is 0 Å². The number of aromatic nitrogens is 4. The van der Waals surface area contributed by atoms with Crippen molar-refractivity contribution in [2.45, 2.75) is 18.9 Å². The summed E-state index contributed by atoms with van der Waals surface area (Å²) in [5.41, 5.74) is 8.29. The Kier molecular flexibility index (Phi) is 5.76. The molecule has 10 heteroatoms. The number of para-hydroxylation sites is 1. The van der Waals surface area contributed by atoms with Crippen molar-refractivity contribution in [3.63, 3.8) is 0 Å². The summed E-state index contributed by atoms with van der Waals surface area (Å²) in [4.78, 5) is 8.60. The molecule has 9 nitrogen and oxygen atoms in total. The number of hydrogen-bond donors (Lipinski definition) is 1. The minimum absolute atomic E-state index is 0.185. The third-order valence-electron chi connectivity index (χ3n) is 5.90. The maximum atomic E-state index is 12.4. The lowest BCUT2D eigenvalue weighted by molar-refractivity contribution is 0.260. The lowest BCUT2D eigenvalue weighted by atomic mass is 10.1. The van der Waals surface area contributed by atoms with Crippen LogP contribution in [0.25, 0.3) is 22.3 Å². The van der Waals surface area contributed by atoms with Gasteiger partial charge in [-0.25, -0.2) is 23.1 Å². The highest BCUT2D eigenvalue weighted by atomic mass is 32.2. The Morgan fingerprint density at radius 3 is 2.53 bits per heavy atom. The first-order chi connectivity index (χ1) is 16.5. The number of rotatable bonds is 6. The normalized spacial score (nSPS) is 17.0. The standard InChI is InChI=1S/C24H24N6O3S/c1-2-34(31,32)29-14-6-7-18(15-29)30-24-21(23(25)26-16-27-24)22(28-30)17-10-12-20(13-11-17)33-19-8-4-3-5-9-19/h2-5,8-13,16,18H,1,6-7,14-15H2,(H2,25,26,27)/t18-/m1/s1. The molecule has 2 aromatic heterocycles. The molecule has 4 aromatic rings. The molecule has 34 heavy (non-hydrogen) atoms. The average molecular weight is 477 g/mol. The predicted molar refractivity (Wildman–Crippen MR) is 131 cm³/mol. The average Bonchev–Trinajstić information content (AvgIpc) is 3.26. The molecule has 0 unspecified atom stereocenters. The van der Waals surface area contributed by atoms with Gasteiger partial charge in [0, 0.05) is 24.1 Å². The minimum atomic E-state index is -3.51. The number of piperidine rings is 1. The van der Waals surface area contributed by atoms with Crippen LogP contribution in [0.3, 0.4) is 0 Å². The maximum absolute atomic E-state index is 12.4. The van der Waals surface area contributed by atoms with E-state index in [0.29, 0.717) is 47.8 Å². The smallest absolute Gasteiger partial charge is 0.235 e. The van der Waals surface area contributed by atoms with Gasteiger partial charge in [-0.3, -0.25) is 0 Å². The third kappa shape index (κ3) is 4.13. The summed E-state index contributed by atoms with van der Waals surface area (Å²) >= 11 is 0. The quantitative estimate of drug-likeness (QED) is 0.447. The van der Waals surface area contributed by atoms with E-state index >= 15 is 0 Å². The number of nitrogens with two attached hydrogens (primary N) is 1. The Morgan fingerprint density at radius 1 is 1.06 bits per heavy atom.